The number of fused-ring (bicyclic) bond motifs is 1. The lowest BCUT2D eigenvalue weighted by Crippen LogP contribution is -2.28. The number of methoxy groups -OCH3 is 1. The molecule has 5 rings (SSSR count). The van der Waals surface area contributed by atoms with Gasteiger partial charge < -0.3 is 9.47 Å². The van der Waals surface area contributed by atoms with Crippen molar-refractivity contribution in [3.05, 3.63) is 110 Å². The van der Waals surface area contributed by atoms with E-state index in [0.717, 1.165) is 18.4 Å². The highest BCUT2D eigenvalue weighted by molar-refractivity contribution is 6.31. The van der Waals surface area contributed by atoms with Gasteiger partial charge in [0.25, 0.3) is 5.56 Å². The zero-order valence-electron chi connectivity index (χ0n) is 22.9. The lowest BCUT2D eigenvalue weighted by Gasteiger charge is -2.18. The summed E-state index contributed by atoms with van der Waals surface area (Å²) in [6.45, 7) is 4.14. The maximum absolute atomic E-state index is 13.9. The van der Waals surface area contributed by atoms with E-state index in [2.05, 4.69) is 27.5 Å². The molecule has 210 valence electrons. The van der Waals surface area contributed by atoms with E-state index in [0.29, 0.717) is 45.5 Å². The molecule has 1 unspecified atom stereocenters. The van der Waals surface area contributed by atoms with Crippen molar-refractivity contribution in [3.8, 4) is 5.75 Å². The average molecular weight is 573 g/mol. The summed E-state index contributed by atoms with van der Waals surface area (Å²) in [7, 11) is 1.31. The zero-order chi connectivity index (χ0) is 28.9. The van der Waals surface area contributed by atoms with Crippen LogP contribution in [0.15, 0.2) is 65.5 Å². The topological polar surface area (TPSA) is 125 Å². The fraction of sp³-hybridized carbons (Fsp3) is 0.267. The Morgan fingerprint density at radius 3 is 2.56 bits per heavy atom. The number of esters is 1. The Kier molecular flexibility index (Phi) is 8.39. The van der Waals surface area contributed by atoms with Crippen LogP contribution >= 0.6 is 11.6 Å². The van der Waals surface area contributed by atoms with E-state index >= 15 is 0 Å². The molecule has 0 radical (unpaired) electrons. The van der Waals surface area contributed by atoms with Gasteiger partial charge in [0.1, 0.15) is 11.6 Å². The van der Waals surface area contributed by atoms with Crippen molar-refractivity contribution >= 4 is 28.5 Å². The first kappa shape index (κ1) is 28.0. The summed E-state index contributed by atoms with van der Waals surface area (Å²) in [6.07, 6.45) is 1.78. The molecule has 0 saturated heterocycles. The van der Waals surface area contributed by atoms with Crippen molar-refractivity contribution in [3.63, 3.8) is 0 Å². The van der Waals surface area contributed by atoms with Gasteiger partial charge in [-0.1, -0.05) is 66.6 Å². The van der Waals surface area contributed by atoms with Crippen LogP contribution in [0.5, 0.6) is 5.75 Å². The minimum absolute atomic E-state index is 0.245. The van der Waals surface area contributed by atoms with Crippen molar-refractivity contribution in [1.82, 2.24) is 30.2 Å². The summed E-state index contributed by atoms with van der Waals surface area (Å²) >= 11 is 6.44. The molecule has 10 nitrogen and oxygen atoms in total. The van der Waals surface area contributed by atoms with Crippen LogP contribution in [-0.2, 0) is 17.7 Å². The number of hydrogen-bond acceptors (Lipinski definition) is 8. The van der Waals surface area contributed by atoms with Crippen LogP contribution in [0.25, 0.3) is 10.9 Å². The predicted octanol–water partition coefficient (Wildman–Crippen LogP) is 5.22. The normalized spacial score (nSPS) is 11.9. The molecule has 41 heavy (non-hydrogen) atoms. The number of H-pyrrole nitrogens is 1. The fourth-order valence-electron chi connectivity index (χ4n) is 4.73. The van der Waals surface area contributed by atoms with E-state index in [9.17, 15) is 9.59 Å². The molecule has 1 atom stereocenters. The number of nitrogens with one attached hydrogen (secondary N) is 1. The minimum Gasteiger partial charge on any atom is -0.477 e. The monoisotopic (exact) mass is 572 g/mol. The van der Waals surface area contributed by atoms with Crippen LogP contribution in [0, 0.1) is 6.92 Å². The molecule has 0 aliphatic heterocycles. The highest BCUT2D eigenvalue weighted by atomic mass is 35.5. The number of hydrogen-bond donors (Lipinski definition) is 1. The molecule has 0 aliphatic rings. The number of aryl methyl sites for hydroxylation is 2. The Balaban J connectivity index is 1.50. The van der Waals surface area contributed by atoms with E-state index in [1.54, 1.807) is 29.7 Å². The van der Waals surface area contributed by atoms with Crippen LogP contribution in [0.3, 0.4) is 0 Å². The molecule has 11 heteroatoms. The first-order chi connectivity index (χ1) is 19.9. The molecule has 0 aliphatic carbocycles. The van der Waals surface area contributed by atoms with Crippen LogP contribution < -0.4 is 10.3 Å². The summed E-state index contributed by atoms with van der Waals surface area (Å²) in [5, 5.41) is 15.1. The molecule has 0 amide bonds. The van der Waals surface area contributed by atoms with Gasteiger partial charge in [-0.25, -0.2) is 9.78 Å². The van der Waals surface area contributed by atoms with Crippen molar-refractivity contribution in [2.24, 2.45) is 0 Å². The first-order valence-electron chi connectivity index (χ1n) is 13.3. The van der Waals surface area contributed by atoms with Gasteiger partial charge in [-0.05, 0) is 48.7 Å². The first-order valence-corrected chi connectivity index (χ1v) is 13.6. The lowest BCUT2D eigenvalue weighted by molar-refractivity contribution is 0.0602. The van der Waals surface area contributed by atoms with Crippen molar-refractivity contribution < 1.29 is 14.3 Å². The number of benzene rings is 3. The van der Waals surface area contributed by atoms with E-state index in [1.807, 2.05) is 42.5 Å². The highest BCUT2D eigenvalue weighted by Crippen LogP contribution is 2.31. The number of tetrazole rings is 1. The van der Waals surface area contributed by atoms with Crippen LogP contribution in [-0.4, -0.2) is 43.3 Å². The largest absolute Gasteiger partial charge is 0.477 e. The van der Waals surface area contributed by atoms with Gasteiger partial charge in [-0.3, -0.25) is 9.36 Å². The Morgan fingerprint density at radius 2 is 1.88 bits per heavy atom. The number of carbonyl (C=O) groups is 1. The number of nitrogens with zero attached hydrogens (tertiary/aromatic N) is 5. The minimum atomic E-state index is -0.679. The number of halogens is 1. The molecule has 2 aromatic heterocycles. The van der Waals surface area contributed by atoms with Crippen molar-refractivity contribution in [1.29, 1.82) is 0 Å². The van der Waals surface area contributed by atoms with Gasteiger partial charge in [-0.15, -0.1) is 10.2 Å². The zero-order valence-corrected chi connectivity index (χ0v) is 23.7. The predicted molar refractivity (Wildman–Crippen MR) is 154 cm³/mol. The molecule has 0 spiro atoms. The van der Waals surface area contributed by atoms with Gasteiger partial charge in [0.2, 0.25) is 5.82 Å². The molecule has 0 saturated carbocycles. The quantitative estimate of drug-likeness (QED) is 0.226. The van der Waals surface area contributed by atoms with Gasteiger partial charge in [0.05, 0.1) is 30.1 Å². The van der Waals surface area contributed by atoms with Crippen LogP contribution in [0.4, 0.5) is 0 Å². The summed E-state index contributed by atoms with van der Waals surface area (Å²) in [5.41, 5.74) is 2.67. The van der Waals surface area contributed by atoms with Gasteiger partial charge >= 0.3 is 5.97 Å². The van der Waals surface area contributed by atoms with Gasteiger partial charge in [0, 0.05) is 17.0 Å². The standard InChI is InChI=1S/C30H29ClN6O4/c1-4-5-10-24-32-23-16-11-18(2)25(30(39)40-3)26(23)29(38)37(24)17-19-12-14-20(15-13-19)41-27(28-33-35-36-34-28)21-8-6-7-9-22(21)31/h6-9,11-16,27H,4-5,10,17H2,1-3H3,(H,33,34,35,36). The Hall–Kier alpha value is -4.57. The number of aromatic nitrogens is 6. The van der Waals surface area contributed by atoms with Crippen molar-refractivity contribution in [2.75, 3.05) is 7.11 Å². The smallest absolute Gasteiger partial charge is 0.339 e. The Labute approximate surface area is 241 Å². The highest BCUT2D eigenvalue weighted by Gasteiger charge is 2.24. The summed E-state index contributed by atoms with van der Waals surface area (Å²) < 4.78 is 12.9. The molecule has 3 aromatic carbocycles. The Bertz CT molecular complexity index is 1740. The van der Waals surface area contributed by atoms with Gasteiger partial charge in [-0.2, -0.15) is 5.21 Å². The molecule has 5 aromatic rings. The average Bonchev–Trinajstić information content (AvgIpc) is 3.52. The SMILES string of the molecule is CCCCc1nc2ccc(C)c(C(=O)OC)c2c(=O)n1Cc1ccc(OC(c2nn[nH]n2)c2ccccc2Cl)cc1. The number of ether oxygens (including phenoxy) is 2. The van der Waals surface area contributed by atoms with Crippen molar-refractivity contribution in [2.45, 2.75) is 45.8 Å². The maximum atomic E-state index is 13.9. The van der Waals surface area contributed by atoms with E-state index < -0.39 is 12.1 Å². The van der Waals surface area contributed by atoms with Crippen LogP contribution in [0.1, 0.15) is 64.6 Å². The summed E-state index contributed by atoms with van der Waals surface area (Å²) in [5.74, 6) is 1.01. The molecule has 2 heterocycles. The van der Waals surface area contributed by atoms with E-state index in [1.165, 1.54) is 7.11 Å². The van der Waals surface area contributed by atoms with Gasteiger partial charge in [0.15, 0.2) is 6.10 Å². The lowest BCUT2D eigenvalue weighted by atomic mass is 10.0. The summed E-state index contributed by atoms with van der Waals surface area (Å²) in [4.78, 5) is 31.3. The third kappa shape index (κ3) is 5.83. The molecule has 0 bridgehead atoms. The fourth-order valence-corrected chi connectivity index (χ4v) is 4.96. The third-order valence-corrected chi connectivity index (χ3v) is 7.20. The number of unbranched alkanes of at least 4 members (excludes halogenated alkanes) is 1. The number of rotatable bonds is 10. The molecule has 0 fully saturated rings. The number of carbonyl (C=O) groups excluding carboxylic acids is 1. The summed E-state index contributed by atoms with van der Waals surface area (Å²) in [6, 6.07) is 18.3. The van der Waals surface area contributed by atoms with E-state index in [-0.39, 0.29) is 23.1 Å². The van der Waals surface area contributed by atoms with Crippen LogP contribution in [0.2, 0.25) is 5.02 Å². The second-order valence-corrected chi connectivity index (χ2v) is 10.0. The molecular weight excluding hydrogens is 544 g/mol. The molecule has 1 N–H and O–H groups in total. The maximum Gasteiger partial charge on any atom is 0.339 e. The van der Waals surface area contributed by atoms with E-state index in [4.69, 9.17) is 26.1 Å². The Morgan fingerprint density at radius 1 is 1.10 bits per heavy atom. The molecular formula is C30H29ClN6O4. The third-order valence-electron chi connectivity index (χ3n) is 6.86. The number of aromatic amines is 1. The second-order valence-electron chi connectivity index (χ2n) is 9.60. The second kappa shape index (κ2) is 12.3.